The van der Waals surface area contributed by atoms with Crippen LogP contribution in [0.3, 0.4) is 0 Å². The molecule has 2 heterocycles. The average Bonchev–Trinajstić information content (AvgIpc) is 2.78. The van der Waals surface area contributed by atoms with Crippen LogP contribution in [0.1, 0.15) is 12.0 Å². The van der Waals surface area contributed by atoms with Crippen LogP contribution in [-0.2, 0) is 6.54 Å². The molecule has 6 heteroatoms. The highest BCUT2D eigenvalue weighted by Gasteiger charge is 2.23. The monoisotopic (exact) mass is 410 g/mol. The molecular formula is C24H34N4O2. The molecule has 2 N–H and O–H groups in total. The number of piperazine rings is 1. The zero-order valence-electron chi connectivity index (χ0n) is 17.8. The number of benzene rings is 1. The topological polar surface area (TPSA) is 59.1 Å². The Morgan fingerprint density at radius 3 is 2.40 bits per heavy atom. The van der Waals surface area contributed by atoms with E-state index >= 15 is 0 Å². The first-order valence-electron chi connectivity index (χ1n) is 10.8. The van der Waals surface area contributed by atoms with Gasteiger partial charge in [0.15, 0.2) is 0 Å². The van der Waals surface area contributed by atoms with Crippen LogP contribution in [0.25, 0.3) is 0 Å². The van der Waals surface area contributed by atoms with Gasteiger partial charge in [0, 0.05) is 58.9 Å². The lowest BCUT2D eigenvalue weighted by atomic mass is 10.00. The first-order chi connectivity index (χ1) is 14.6. The van der Waals surface area contributed by atoms with Gasteiger partial charge in [-0.2, -0.15) is 0 Å². The molecule has 6 nitrogen and oxygen atoms in total. The van der Waals surface area contributed by atoms with Gasteiger partial charge in [0.25, 0.3) is 0 Å². The van der Waals surface area contributed by atoms with Crippen molar-refractivity contribution in [1.82, 2.24) is 20.0 Å². The van der Waals surface area contributed by atoms with E-state index in [2.05, 4.69) is 52.5 Å². The smallest absolute Gasteiger partial charge is 0.317 e. The number of nitrogens with zero attached hydrogens (tertiary/aromatic N) is 3. The van der Waals surface area contributed by atoms with Crippen LogP contribution in [0.2, 0.25) is 0 Å². The fraction of sp³-hybridized carbons (Fsp3) is 0.458. The van der Waals surface area contributed by atoms with Crippen molar-refractivity contribution in [2.24, 2.45) is 0 Å². The van der Waals surface area contributed by atoms with Crippen LogP contribution < -0.4 is 5.32 Å². The largest absolute Gasteiger partial charge is 0.390 e. The molecule has 2 amide bonds. The van der Waals surface area contributed by atoms with Gasteiger partial charge in [-0.1, -0.05) is 55.6 Å². The SMILES string of the molecule is C=CC1=C(C=C)CN(CC(O)CNC(=O)N2CCN(Cc3ccccc3)CC2)CC1. The van der Waals surface area contributed by atoms with E-state index in [4.69, 9.17) is 0 Å². The molecule has 1 unspecified atom stereocenters. The highest BCUT2D eigenvalue weighted by molar-refractivity contribution is 5.74. The maximum absolute atomic E-state index is 12.5. The van der Waals surface area contributed by atoms with Gasteiger partial charge < -0.3 is 15.3 Å². The van der Waals surface area contributed by atoms with Crippen LogP contribution in [0.15, 0.2) is 66.8 Å². The number of carbonyl (C=O) groups excluding carboxylic acids is 1. The summed E-state index contributed by atoms with van der Waals surface area (Å²) in [5.41, 5.74) is 3.70. The summed E-state index contributed by atoms with van der Waals surface area (Å²) < 4.78 is 0. The Kier molecular flexibility index (Phi) is 8.25. The lowest BCUT2D eigenvalue weighted by Crippen LogP contribution is -2.53. The molecule has 30 heavy (non-hydrogen) atoms. The molecule has 2 aliphatic rings. The molecule has 1 fully saturated rings. The highest BCUT2D eigenvalue weighted by atomic mass is 16.3. The quantitative estimate of drug-likeness (QED) is 0.690. The number of β-amino-alcohol motifs (C(OH)–C–C–N with tert-alkyl or cyclic N) is 1. The van der Waals surface area contributed by atoms with Crippen molar-refractivity contribution in [2.45, 2.75) is 19.1 Å². The van der Waals surface area contributed by atoms with Crippen molar-refractivity contribution in [3.05, 3.63) is 72.4 Å². The molecule has 162 valence electrons. The summed E-state index contributed by atoms with van der Waals surface area (Å²) in [7, 11) is 0. The third-order valence-corrected chi connectivity index (χ3v) is 5.86. The maximum Gasteiger partial charge on any atom is 0.317 e. The van der Waals surface area contributed by atoms with Crippen molar-refractivity contribution in [3.8, 4) is 0 Å². The van der Waals surface area contributed by atoms with Crippen molar-refractivity contribution in [2.75, 3.05) is 52.4 Å². The first kappa shape index (κ1) is 22.3. The lowest BCUT2D eigenvalue weighted by molar-refractivity contribution is 0.107. The summed E-state index contributed by atoms with van der Waals surface area (Å²) in [5.74, 6) is 0. The zero-order valence-corrected chi connectivity index (χ0v) is 17.8. The molecular weight excluding hydrogens is 376 g/mol. The van der Waals surface area contributed by atoms with E-state index in [0.29, 0.717) is 19.6 Å². The molecule has 1 aromatic rings. The molecule has 0 radical (unpaired) electrons. The summed E-state index contributed by atoms with van der Waals surface area (Å²) in [6.07, 6.45) is 4.08. The summed E-state index contributed by atoms with van der Waals surface area (Å²) in [6.45, 7) is 14.2. The van der Waals surface area contributed by atoms with Gasteiger partial charge in [0.2, 0.25) is 0 Å². The number of hydrogen-bond acceptors (Lipinski definition) is 4. The molecule has 2 aliphatic heterocycles. The number of allylic oxidation sites excluding steroid dienone is 1. The number of carbonyl (C=O) groups is 1. The number of hydrogen-bond donors (Lipinski definition) is 2. The van der Waals surface area contributed by atoms with Gasteiger partial charge in [-0.05, 0) is 23.1 Å². The van der Waals surface area contributed by atoms with Gasteiger partial charge in [-0.15, -0.1) is 0 Å². The Morgan fingerprint density at radius 1 is 1.03 bits per heavy atom. The molecule has 0 aromatic heterocycles. The third kappa shape index (κ3) is 6.29. The molecule has 1 saturated heterocycles. The van der Waals surface area contributed by atoms with Crippen molar-refractivity contribution >= 4 is 6.03 Å². The minimum absolute atomic E-state index is 0.0901. The van der Waals surface area contributed by atoms with Crippen molar-refractivity contribution in [3.63, 3.8) is 0 Å². The minimum atomic E-state index is -0.593. The Labute approximate surface area is 180 Å². The number of aliphatic hydroxyl groups is 1. The Morgan fingerprint density at radius 2 is 1.73 bits per heavy atom. The van der Waals surface area contributed by atoms with Gasteiger partial charge in [-0.3, -0.25) is 9.80 Å². The van der Waals surface area contributed by atoms with Gasteiger partial charge in [0.1, 0.15) is 0 Å². The summed E-state index contributed by atoms with van der Waals surface area (Å²) in [5, 5.41) is 13.3. The van der Waals surface area contributed by atoms with Crippen LogP contribution in [0, 0.1) is 0 Å². The fourth-order valence-electron chi connectivity index (χ4n) is 4.08. The average molecular weight is 411 g/mol. The minimum Gasteiger partial charge on any atom is -0.390 e. The second-order valence-electron chi connectivity index (χ2n) is 8.03. The van der Waals surface area contributed by atoms with Crippen molar-refractivity contribution < 1.29 is 9.90 Å². The fourth-order valence-corrected chi connectivity index (χ4v) is 4.08. The van der Waals surface area contributed by atoms with E-state index in [1.165, 1.54) is 16.7 Å². The van der Waals surface area contributed by atoms with E-state index in [1.807, 2.05) is 23.1 Å². The van der Waals surface area contributed by atoms with E-state index < -0.39 is 6.10 Å². The number of rotatable bonds is 8. The predicted molar refractivity (Wildman–Crippen MR) is 121 cm³/mol. The standard InChI is InChI=1S/C24H34N4O2/c1-3-21-10-11-27(18-22(21)4-2)19-23(29)16-25-24(30)28-14-12-26(13-15-28)17-20-8-6-5-7-9-20/h3-9,23,29H,1-2,10-19H2,(H,25,30). The van der Waals surface area contributed by atoms with Crippen LogP contribution in [0.5, 0.6) is 0 Å². The first-order valence-corrected chi connectivity index (χ1v) is 10.8. The number of amides is 2. The maximum atomic E-state index is 12.5. The van der Waals surface area contributed by atoms with E-state index in [1.54, 1.807) is 0 Å². The van der Waals surface area contributed by atoms with E-state index in [0.717, 1.165) is 39.1 Å². The summed E-state index contributed by atoms with van der Waals surface area (Å²) in [6, 6.07) is 10.3. The number of urea groups is 1. The Hall–Kier alpha value is -2.41. The molecule has 0 aliphatic carbocycles. The summed E-state index contributed by atoms with van der Waals surface area (Å²) in [4.78, 5) is 18.9. The third-order valence-electron chi connectivity index (χ3n) is 5.86. The van der Waals surface area contributed by atoms with Crippen LogP contribution in [-0.4, -0.2) is 84.3 Å². The second kappa shape index (κ2) is 11.1. The predicted octanol–water partition coefficient (Wildman–Crippen LogP) is 2.25. The summed E-state index contributed by atoms with van der Waals surface area (Å²) >= 11 is 0. The molecule has 0 bridgehead atoms. The van der Waals surface area contributed by atoms with Gasteiger partial charge in [-0.25, -0.2) is 4.79 Å². The van der Waals surface area contributed by atoms with Gasteiger partial charge >= 0.3 is 6.03 Å². The molecule has 3 rings (SSSR count). The Balaban J connectivity index is 1.36. The Bertz CT molecular complexity index is 754. The molecule has 0 saturated carbocycles. The zero-order chi connectivity index (χ0) is 21.3. The molecule has 1 aromatic carbocycles. The lowest BCUT2D eigenvalue weighted by Gasteiger charge is -2.35. The van der Waals surface area contributed by atoms with Crippen LogP contribution >= 0.6 is 0 Å². The number of nitrogens with one attached hydrogen (secondary N) is 1. The van der Waals surface area contributed by atoms with Crippen LogP contribution in [0.4, 0.5) is 4.79 Å². The second-order valence-corrected chi connectivity index (χ2v) is 8.03. The highest BCUT2D eigenvalue weighted by Crippen LogP contribution is 2.19. The van der Waals surface area contributed by atoms with E-state index in [9.17, 15) is 9.90 Å². The van der Waals surface area contributed by atoms with Gasteiger partial charge in [0.05, 0.1) is 6.10 Å². The van der Waals surface area contributed by atoms with Crippen molar-refractivity contribution in [1.29, 1.82) is 0 Å². The molecule has 1 atom stereocenters. The molecule has 0 spiro atoms. The number of aliphatic hydroxyl groups excluding tert-OH is 1. The van der Waals surface area contributed by atoms with E-state index in [-0.39, 0.29) is 12.6 Å². The normalized spacial score (nSPS) is 19.4.